The third-order valence-corrected chi connectivity index (χ3v) is 1.86. The Morgan fingerprint density at radius 3 is 2.69 bits per heavy atom. The minimum absolute atomic E-state index is 0. The van der Waals surface area contributed by atoms with E-state index in [9.17, 15) is 4.79 Å². The molecule has 1 fully saturated rings. The first-order chi connectivity index (χ1) is 5.59. The molecule has 1 unspecified atom stereocenters. The van der Waals surface area contributed by atoms with Crippen LogP contribution in [-0.2, 0) is 0 Å². The minimum atomic E-state index is -1.02. The van der Waals surface area contributed by atoms with E-state index in [2.05, 4.69) is 5.32 Å². The number of amides is 1. The maximum Gasteiger partial charge on any atom is 0.404 e. The number of halogens is 1. The fourth-order valence-corrected chi connectivity index (χ4v) is 1.27. The predicted molar refractivity (Wildman–Crippen MR) is 50.3 cm³/mol. The van der Waals surface area contributed by atoms with Crippen molar-refractivity contribution in [1.29, 1.82) is 5.41 Å². The van der Waals surface area contributed by atoms with Crippen molar-refractivity contribution in [3.05, 3.63) is 0 Å². The van der Waals surface area contributed by atoms with Gasteiger partial charge in [0.05, 0.1) is 6.04 Å². The van der Waals surface area contributed by atoms with Crippen LogP contribution in [0.4, 0.5) is 4.79 Å². The Bertz CT molecular complexity index is 211. The van der Waals surface area contributed by atoms with Gasteiger partial charge < -0.3 is 21.1 Å². The predicted octanol–water partition coefficient (Wildman–Crippen LogP) is -0.356. The van der Waals surface area contributed by atoms with Crippen molar-refractivity contribution in [2.24, 2.45) is 5.73 Å². The smallest absolute Gasteiger partial charge is 0.404 e. The molecule has 0 spiro atoms. The molecule has 13 heavy (non-hydrogen) atoms. The number of rotatable bonds is 1. The van der Waals surface area contributed by atoms with Crippen molar-refractivity contribution < 1.29 is 9.90 Å². The number of nitrogens with one attached hydrogen (secondary N) is 2. The summed E-state index contributed by atoms with van der Waals surface area (Å²) in [6, 6.07) is -0.0913. The van der Waals surface area contributed by atoms with E-state index < -0.39 is 6.09 Å². The molecule has 0 bridgehead atoms. The van der Waals surface area contributed by atoms with E-state index in [1.807, 2.05) is 0 Å². The largest absolute Gasteiger partial charge is 0.465 e. The third kappa shape index (κ3) is 3.37. The van der Waals surface area contributed by atoms with E-state index in [1.165, 1.54) is 0 Å². The summed E-state index contributed by atoms with van der Waals surface area (Å²) in [4.78, 5) is 11.9. The molecule has 76 valence electrons. The van der Waals surface area contributed by atoms with Gasteiger partial charge in [-0.2, -0.15) is 0 Å². The standard InChI is InChI=1S/C6H12N4O2.ClH/c7-5(8)10-2-1-4(3-10)9-6(11)12;/h4,9H,1-3H2,(H3,7,8)(H,11,12);1H. The first-order valence-electron chi connectivity index (χ1n) is 3.68. The summed E-state index contributed by atoms with van der Waals surface area (Å²) < 4.78 is 0. The highest BCUT2D eigenvalue weighted by Crippen LogP contribution is 2.07. The lowest BCUT2D eigenvalue weighted by atomic mass is 10.3. The fourth-order valence-electron chi connectivity index (χ4n) is 1.27. The monoisotopic (exact) mass is 208 g/mol. The zero-order chi connectivity index (χ0) is 9.14. The van der Waals surface area contributed by atoms with Gasteiger partial charge in [0.15, 0.2) is 5.96 Å². The van der Waals surface area contributed by atoms with Crippen LogP contribution in [-0.4, -0.2) is 41.2 Å². The summed E-state index contributed by atoms with van der Waals surface area (Å²) in [7, 11) is 0. The summed E-state index contributed by atoms with van der Waals surface area (Å²) in [6.07, 6.45) is -0.309. The highest BCUT2D eigenvalue weighted by Gasteiger charge is 2.23. The molecule has 6 nitrogen and oxygen atoms in total. The van der Waals surface area contributed by atoms with Crippen molar-refractivity contribution in [3.63, 3.8) is 0 Å². The Morgan fingerprint density at radius 2 is 2.31 bits per heavy atom. The lowest BCUT2D eigenvalue weighted by Gasteiger charge is -2.15. The molecule has 5 N–H and O–H groups in total. The number of hydrogen-bond acceptors (Lipinski definition) is 2. The van der Waals surface area contributed by atoms with Crippen LogP contribution >= 0.6 is 12.4 Å². The Labute approximate surface area is 82.0 Å². The van der Waals surface area contributed by atoms with Crippen LogP contribution in [0.2, 0.25) is 0 Å². The highest BCUT2D eigenvalue weighted by molar-refractivity contribution is 5.85. The lowest BCUT2D eigenvalue weighted by Crippen LogP contribution is -2.39. The van der Waals surface area contributed by atoms with Gasteiger partial charge in [-0.15, -0.1) is 12.4 Å². The van der Waals surface area contributed by atoms with Crippen molar-refractivity contribution in [2.75, 3.05) is 13.1 Å². The molecule has 0 aliphatic carbocycles. The van der Waals surface area contributed by atoms with Gasteiger partial charge in [0, 0.05) is 13.1 Å². The normalized spacial score (nSPS) is 20.6. The first kappa shape index (κ1) is 11.8. The number of carbonyl (C=O) groups is 1. The van der Waals surface area contributed by atoms with Gasteiger partial charge in [-0.1, -0.05) is 0 Å². The van der Waals surface area contributed by atoms with Crippen molar-refractivity contribution >= 4 is 24.5 Å². The van der Waals surface area contributed by atoms with Gasteiger partial charge in [0.2, 0.25) is 0 Å². The van der Waals surface area contributed by atoms with Gasteiger partial charge >= 0.3 is 6.09 Å². The Balaban J connectivity index is 0.00000144. The fraction of sp³-hybridized carbons (Fsp3) is 0.667. The van der Waals surface area contributed by atoms with Crippen LogP contribution < -0.4 is 11.1 Å². The number of nitrogens with two attached hydrogens (primary N) is 1. The van der Waals surface area contributed by atoms with Gasteiger partial charge in [0.1, 0.15) is 0 Å². The summed E-state index contributed by atoms with van der Waals surface area (Å²) >= 11 is 0. The summed E-state index contributed by atoms with van der Waals surface area (Å²) in [5.41, 5.74) is 5.22. The van der Waals surface area contributed by atoms with E-state index in [-0.39, 0.29) is 24.4 Å². The van der Waals surface area contributed by atoms with E-state index in [0.29, 0.717) is 19.5 Å². The summed E-state index contributed by atoms with van der Waals surface area (Å²) in [5.74, 6) is 0.00434. The van der Waals surface area contributed by atoms with E-state index in [4.69, 9.17) is 16.2 Å². The molecule has 0 saturated carbocycles. The SMILES string of the molecule is Cl.N=C(N)N1CCC(NC(=O)O)C1. The number of guanidine groups is 1. The van der Waals surface area contributed by atoms with Crippen LogP contribution in [0.3, 0.4) is 0 Å². The average molecular weight is 209 g/mol. The Kier molecular flexibility index (Phi) is 4.33. The van der Waals surface area contributed by atoms with E-state index >= 15 is 0 Å². The van der Waals surface area contributed by atoms with Crippen molar-refractivity contribution in [3.8, 4) is 0 Å². The highest BCUT2D eigenvalue weighted by atomic mass is 35.5. The van der Waals surface area contributed by atoms with Crippen LogP contribution in [0.25, 0.3) is 0 Å². The van der Waals surface area contributed by atoms with E-state index in [0.717, 1.165) is 0 Å². The molecule has 0 radical (unpaired) electrons. The molecular weight excluding hydrogens is 196 g/mol. The molecule has 0 aromatic rings. The molecule has 1 atom stereocenters. The van der Waals surface area contributed by atoms with E-state index in [1.54, 1.807) is 4.90 Å². The molecule has 1 aliphatic heterocycles. The quantitative estimate of drug-likeness (QED) is 0.349. The second-order valence-electron chi connectivity index (χ2n) is 2.77. The second kappa shape index (κ2) is 4.76. The number of carboxylic acid groups (broad SMARTS) is 1. The maximum absolute atomic E-state index is 10.2. The molecule has 0 aromatic carbocycles. The molecule has 1 saturated heterocycles. The maximum atomic E-state index is 10.2. The summed E-state index contributed by atoms with van der Waals surface area (Å²) in [6.45, 7) is 1.15. The van der Waals surface area contributed by atoms with Crippen LogP contribution in [0.1, 0.15) is 6.42 Å². The molecular formula is C6H13ClN4O2. The van der Waals surface area contributed by atoms with Crippen LogP contribution in [0, 0.1) is 5.41 Å². The number of nitrogens with zero attached hydrogens (tertiary/aromatic N) is 1. The number of hydrogen-bond donors (Lipinski definition) is 4. The van der Waals surface area contributed by atoms with Gasteiger partial charge in [-0.3, -0.25) is 5.41 Å². The van der Waals surface area contributed by atoms with Crippen molar-refractivity contribution in [2.45, 2.75) is 12.5 Å². The Hall–Kier alpha value is -1.17. The van der Waals surface area contributed by atoms with Crippen molar-refractivity contribution in [1.82, 2.24) is 10.2 Å². The lowest BCUT2D eigenvalue weighted by molar-refractivity contribution is 0.190. The molecule has 1 aliphatic rings. The molecule has 7 heteroatoms. The number of likely N-dealkylation sites (tertiary alicyclic amines) is 1. The second-order valence-corrected chi connectivity index (χ2v) is 2.77. The first-order valence-corrected chi connectivity index (χ1v) is 3.68. The zero-order valence-electron chi connectivity index (χ0n) is 6.99. The third-order valence-electron chi connectivity index (χ3n) is 1.86. The van der Waals surface area contributed by atoms with Gasteiger partial charge in [-0.05, 0) is 6.42 Å². The minimum Gasteiger partial charge on any atom is -0.465 e. The van der Waals surface area contributed by atoms with Gasteiger partial charge in [-0.25, -0.2) is 4.79 Å². The summed E-state index contributed by atoms with van der Waals surface area (Å²) in [5, 5.41) is 17.8. The molecule has 1 rings (SSSR count). The van der Waals surface area contributed by atoms with Gasteiger partial charge in [0.25, 0.3) is 0 Å². The molecule has 1 heterocycles. The average Bonchev–Trinajstić information content (AvgIpc) is 2.34. The Morgan fingerprint density at radius 1 is 1.69 bits per heavy atom. The molecule has 0 aromatic heterocycles. The van der Waals surface area contributed by atoms with Crippen LogP contribution in [0.5, 0.6) is 0 Å². The zero-order valence-corrected chi connectivity index (χ0v) is 7.80. The topological polar surface area (TPSA) is 102 Å². The molecule has 1 amide bonds. The van der Waals surface area contributed by atoms with Crippen LogP contribution in [0.15, 0.2) is 0 Å².